The number of rotatable bonds is 4. The van der Waals surface area contributed by atoms with E-state index in [2.05, 4.69) is 0 Å². The Hall–Kier alpha value is -3.82. The van der Waals surface area contributed by atoms with E-state index in [1.807, 2.05) is 0 Å². The van der Waals surface area contributed by atoms with Gasteiger partial charge in [-0.15, -0.1) is 0 Å². The van der Waals surface area contributed by atoms with Gasteiger partial charge in [0.1, 0.15) is 23.0 Å². The number of hydrogen-bond acceptors (Lipinski definition) is 6. The first-order valence-corrected chi connectivity index (χ1v) is 7.61. The van der Waals surface area contributed by atoms with Gasteiger partial charge in [-0.05, 0) is 36.4 Å². The van der Waals surface area contributed by atoms with Crippen LogP contribution < -0.4 is 5.63 Å². The van der Waals surface area contributed by atoms with Crippen molar-refractivity contribution in [2.75, 3.05) is 0 Å². The number of halogens is 3. The topological polar surface area (TPSA) is 107 Å². The Kier molecular flexibility index (Phi) is 4.78. The minimum absolute atomic E-state index is 0.0163. The Morgan fingerprint density at radius 2 is 1.71 bits per heavy atom. The highest BCUT2D eigenvalue weighted by atomic mass is 19.4. The van der Waals surface area contributed by atoms with Gasteiger partial charge in [0, 0.05) is 12.1 Å². The van der Waals surface area contributed by atoms with Crippen molar-refractivity contribution in [3.63, 3.8) is 0 Å². The summed E-state index contributed by atoms with van der Waals surface area (Å²) in [6.07, 6.45) is -2.05. The van der Waals surface area contributed by atoms with Crippen molar-refractivity contribution in [3.05, 3.63) is 80.1 Å². The number of nitro groups is 1. The largest absolute Gasteiger partial charge is 0.508 e. The number of benzene rings is 1. The SMILES string of the molecule is O=c1cc(O)cc(C=Cc2ccc(-c3ccc(C(F)(F)F)cc3[N+](=O)[O-])o2)o1. The first-order chi connectivity index (χ1) is 13.1. The van der Waals surface area contributed by atoms with E-state index in [-0.39, 0.29) is 28.6 Å². The van der Waals surface area contributed by atoms with Crippen LogP contribution in [0.1, 0.15) is 17.1 Å². The lowest BCUT2D eigenvalue weighted by atomic mass is 10.1. The van der Waals surface area contributed by atoms with Crippen LogP contribution in [0, 0.1) is 10.1 Å². The molecule has 0 unspecified atom stereocenters. The molecule has 3 aromatic rings. The predicted octanol–water partition coefficient (Wildman–Crippen LogP) is 4.70. The molecular formula is C18H10F3NO6. The van der Waals surface area contributed by atoms with E-state index in [1.165, 1.54) is 30.4 Å². The van der Waals surface area contributed by atoms with E-state index in [0.29, 0.717) is 6.07 Å². The Balaban J connectivity index is 1.94. The molecule has 10 heteroatoms. The lowest BCUT2D eigenvalue weighted by Crippen LogP contribution is -2.06. The first kappa shape index (κ1) is 19.0. The van der Waals surface area contributed by atoms with Crippen LogP contribution >= 0.6 is 0 Å². The van der Waals surface area contributed by atoms with Gasteiger partial charge in [0.2, 0.25) is 0 Å². The molecular weight excluding hydrogens is 383 g/mol. The third kappa shape index (κ3) is 4.11. The van der Waals surface area contributed by atoms with Crippen molar-refractivity contribution in [3.8, 4) is 17.1 Å². The smallest absolute Gasteiger partial charge is 0.416 e. The van der Waals surface area contributed by atoms with Crippen LogP contribution in [0.15, 0.2) is 56.1 Å². The van der Waals surface area contributed by atoms with Crippen molar-refractivity contribution in [1.29, 1.82) is 0 Å². The summed E-state index contributed by atoms with van der Waals surface area (Å²) in [4.78, 5) is 21.4. The number of hydrogen-bond donors (Lipinski definition) is 1. The highest BCUT2D eigenvalue weighted by Gasteiger charge is 2.33. The fraction of sp³-hybridized carbons (Fsp3) is 0.0556. The second-order valence-electron chi connectivity index (χ2n) is 5.56. The minimum Gasteiger partial charge on any atom is -0.508 e. The zero-order valence-corrected chi connectivity index (χ0v) is 13.8. The highest BCUT2D eigenvalue weighted by molar-refractivity contribution is 5.72. The zero-order chi connectivity index (χ0) is 20.5. The highest BCUT2D eigenvalue weighted by Crippen LogP contribution is 2.37. The average Bonchev–Trinajstić information content (AvgIpc) is 3.06. The Bertz CT molecular complexity index is 1130. The van der Waals surface area contributed by atoms with Crippen LogP contribution in [-0.2, 0) is 6.18 Å². The van der Waals surface area contributed by atoms with E-state index in [9.17, 15) is 33.2 Å². The fourth-order valence-corrected chi connectivity index (χ4v) is 2.38. The van der Waals surface area contributed by atoms with Crippen molar-refractivity contribution < 1.29 is 32.0 Å². The Morgan fingerprint density at radius 3 is 2.36 bits per heavy atom. The van der Waals surface area contributed by atoms with Crippen molar-refractivity contribution in [2.45, 2.75) is 6.18 Å². The van der Waals surface area contributed by atoms with Crippen molar-refractivity contribution >= 4 is 17.8 Å². The number of alkyl halides is 3. The molecule has 2 aromatic heterocycles. The molecule has 144 valence electrons. The zero-order valence-electron chi connectivity index (χ0n) is 13.8. The molecule has 3 rings (SSSR count). The van der Waals surface area contributed by atoms with E-state index in [4.69, 9.17) is 8.83 Å². The van der Waals surface area contributed by atoms with Crippen LogP contribution in [0.5, 0.6) is 5.75 Å². The maximum atomic E-state index is 12.8. The molecule has 0 aliphatic heterocycles. The van der Waals surface area contributed by atoms with Crippen LogP contribution in [0.3, 0.4) is 0 Å². The van der Waals surface area contributed by atoms with Gasteiger partial charge in [0.25, 0.3) is 5.69 Å². The molecule has 0 amide bonds. The van der Waals surface area contributed by atoms with Crippen LogP contribution in [-0.4, -0.2) is 10.0 Å². The monoisotopic (exact) mass is 393 g/mol. The van der Waals surface area contributed by atoms with Gasteiger partial charge < -0.3 is 13.9 Å². The molecule has 0 aliphatic carbocycles. The first-order valence-electron chi connectivity index (χ1n) is 7.61. The Morgan fingerprint density at radius 1 is 1.00 bits per heavy atom. The van der Waals surface area contributed by atoms with Crippen LogP contribution in [0.4, 0.5) is 18.9 Å². The second-order valence-corrected chi connectivity index (χ2v) is 5.56. The average molecular weight is 393 g/mol. The summed E-state index contributed by atoms with van der Waals surface area (Å²) in [6, 6.07) is 6.97. The summed E-state index contributed by atoms with van der Waals surface area (Å²) in [5.74, 6) is -0.0903. The van der Waals surface area contributed by atoms with Gasteiger partial charge in [-0.3, -0.25) is 10.1 Å². The molecule has 0 saturated carbocycles. The molecule has 0 aliphatic rings. The number of nitro benzene ring substituents is 1. The molecule has 1 N–H and O–H groups in total. The maximum Gasteiger partial charge on any atom is 0.416 e. The van der Waals surface area contributed by atoms with Gasteiger partial charge in [0.15, 0.2) is 0 Å². The minimum atomic E-state index is -4.72. The molecule has 28 heavy (non-hydrogen) atoms. The lowest BCUT2D eigenvalue weighted by molar-refractivity contribution is -0.384. The van der Waals surface area contributed by atoms with Gasteiger partial charge in [-0.25, -0.2) is 4.79 Å². The fourth-order valence-electron chi connectivity index (χ4n) is 2.38. The summed E-state index contributed by atoms with van der Waals surface area (Å²) in [7, 11) is 0. The number of aromatic hydroxyl groups is 1. The summed E-state index contributed by atoms with van der Waals surface area (Å²) in [5, 5.41) is 20.5. The van der Waals surface area contributed by atoms with Crippen molar-refractivity contribution in [2.24, 2.45) is 0 Å². The molecule has 0 saturated heterocycles. The predicted molar refractivity (Wildman–Crippen MR) is 91.4 cm³/mol. The second kappa shape index (κ2) is 7.06. The van der Waals surface area contributed by atoms with Crippen LogP contribution in [0.2, 0.25) is 0 Å². The van der Waals surface area contributed by atoms with Crippen LogP contribution in [0.25, 0.3) is 23.5 Å². The molecule has 0 atom stereocenters. The third-order valence-corrected chi connectivity index (χ3v) is 3.60. The van der Waals surface area contributed by atoms with Gasteiger partial charge in [0.05, 0.1) is 22.1 Å². The standard InChI is InChI=1S/C18H10F3NO6/c19-18(20,21)10-1-5-14(15(7-10)22(25)26)16-6-4-12(27-16)2-3-13-8-11(23)9-17(24)28-13/h1-9,23H. The Labute approximate surface area is 154 Å². The number of furan rings is 1. The normalized spacial score (nSPS) is 11.8. The third-order valence-electron chi connectivity index (χ3n) is 3.60. The molecule has 7 nitrogen and oxygen atoms in total. The van der Waals surface area contributed by atoms with Gasteiger partial charge in [-0.2, -0.15) is 13.2 Å². The molecule has 0 spiro atoms. The molecule has 0 radical (unpaired) electrons. The van der Waals surface area contributed by atoms with E-state index >= 15 is 0 Å². The van der Waals surface area contributed by atoms with Gasteiger partial charge >= 0.3 is 11.8 Å². The van der Waals surface area contributed by atoms with E-state index in [1.54, 1.807) is 0 Å². The summed E-state index contributed by atoms with van der Waals surface area (Å²) >= 11 is 0. The summed E-state index contributed by atoms with van der Waals surface area (Å²) in [5.41, 5.74) is -2.78. The van der Waals surface area contributed by atoms with Crippen molar-refractivity contribution in [1.82, 2.24) is 0 Å². The molecule has 0 bridgehead atoms. The van der Waals surface area contributed by atoms with Gasteiger partial charge in [-0.1, -0.05) is 0 Å². The summed E-state index contributed by atoms with van der Waals surface area (Å²) < 4.78 is 48.6. The molecule has 1 aromatic carbocycles. The summed E-state index contributed by atoms with van der Waals surface area (Å²) in [6.45, 7) is 0. The lowest BCUT2D eigenvalue weighted by Gasteiger charge is -2.07. The van der Waals surface area contributed by atoms with E-state index < -0.39 is 28.0 Å². The number of nitrogens with zero attached hydrogens (tertiary/aromatic N) is 1. The maximum absolute atomic E-state index is 12.8. The van der Waals surface area contributed by atoms with E-state index in [0.717, 1.165) is 18.2 Å². The molecule has 0 fully saturated rings. The quantitative estimate of drug-likeness (QED) is 0.508. The molecule has 2 heterocycles.